The van der Waals surface area contributed by atoms with Crippen molar-refractivity contribution in [3.05, 3.63) is 17.8 Å². The number of carbonyl (C=O) groups excluding carboxylic acids is 1. The van der Waals surface area contributed by atoms with Crippen LogP contribution in [0.4, 0.5) is 0 Å². The molecule has 1 aromatic heterocycles. The first-order valence-electron chi connectivity index (χ1n) is 5.66. The Labute approximate surface area is 103 Å². The minimum Gasteiger partial charge on any atom is -0.475 e. The molecule has 0 fully saturated rings. The van der Waals surface area contributed by atoms with Crippen molar-refractivity contribution in [2.24, 2.45) is 11.1 Å². The lowest BCUT2D eigenvalue weighted by atomic mass is 9.92. The van der Waals surface area contributed by atoms with Crippen LogP contribution in [0.25, 0.3) is 0 Å². The van der Waals surface area contributed by atoms with E-state index in [9.17, 15) is 4.79 Å². The summed E-state index contributed by atoms with van der Waals surface area (Å²) in [5.74, 6) is -0.253. The Morgan fingerprint density at radius 1 is 1.61 bits per heavy atom. The van der Waals surface area contributed by atoms with Gasteiger partial charge in [-0.15, -0.1) is 5.10 Å². The van der Waals surface area contributed by atoms with Crippen molar-refractivity contribution in [1.29, 1.82) is 0 Å². The lowest BCUT2D eigenvalue weighted by Crippen LogP contribution is -2.39. The van der Waals surface area contributed by atoms with Crippen molar-refractivity contribution in [2.75, 3.05) is 13.2 Å². The van der Waals surface area contributed by atoms with Gasteiger partial charge in [0.15, 0.2) is 0 Å². The second-order valence-corrected chi connectivity index (χ2v) is 3.92. The molecule has 0 saturated heterocycles. The summed E-state index contributed by atoms with van der Waals surface area (Å²) in [5, 5.41) is 11.5. The first kappa shape index (κ1) is 10.9. The van der Waals surface area contributed by atoms with Crippen LogP contribution in [0.15, 0.2) is 17.4 Å². The van der Waals surface area contributed by atoms with Crippen LogP contribution < -0.4 is 4.74 Å². The second kappa shape index (κ2) is 4.25. The van der Waals surface area contributed by atoms with Gasteiger partial charge in [0, 0.05) is 0 Å². The number of fused-ring (bicyclic) bond motifs is 3. The van der Waals surface area contributed by atoms with Gasteiger partial charge in [-0.25, -0.2) is 4.79 Å². The lowest BCUT2D eigenvalue weighted by molar-refractivity contribution is -0.157. The lowest BCUT2D eigenvalue weighted by Gasteiger charge is -2.22. The summed E-state index contributed by atoms with van der Waals surface area (Å²) in [7, 11) is 0. The van der Waals surface area contributed by atoms with E-state index in [0.29, 0.717) is 23.8 Å². The molecule has 2 unspecified atom stereocenters. The number of hydrogen-bond acceptors (Lipinski definition) is 7. The normalized spacial score (nSPS) is 24.2. The molecule has 0 bridgehead atoms. The third-order valence-electron chi connectivity index (χ3n) is 2.86. The van der Waals surface area contributed by atoms with Crippen LogP contribution in [-0.4, -0.2) is 41.2 Å². The van der Waals surface area contributed by atoms with Crippen LogP contribution in [0, 0.1) is 5.92 Å². The maximum Gasteiger partial charge on any atom is 0.351 e. The Morgan fingerprint density at radius 2 is 2.50 bits per heavy atom. The fourth-order valence-electron chi connectivity index (χ4n) is 2.03. The number of carbonyl (C=O) groups is 1. The standard InChI is InChI=1S/C11H11N3O4/c1-2-16-11(15)9-7-5-17-10-6(3-4-12-13-10)8(7)14-18-9/h3-4,7,9H,2,5H2,1H3. The van der Waals surface area contributed by atoms with Gasteiger partial charge in [-0.05, 0) is 13.0 Å². The van der Waals surface area contributed by atoms with E-state index in [0.717, 1.165) is 0 Å². The molecule has 1 aromatic rings. The topological polar surface area (TPSA) is 82.9 Å². The third kappa shape index (κ3) is 1.59. The highest BCUT2D eigenvalue weighted by Crippen LogP contribution is 2.32. The number of nitrogens with zero attached hydrogens (tertiary/aromatic N) is 3. The molecule has 2 aliphatic heterocycles. The molecular formula is C11H11N3O4. The Kier molecular flexibility index (Phi) is 2.58. The number of esters is 1. The summed E-state index contributed by atoms with van der Waals surface area (Å²) in [6, 6.07) is 1.74. The molecule has 0 saturated carbocycles. The van der Waals surface area contributed by atoms with Gasteiger partial charge in [-0.2, -0.15) is 5.10 Å². The molecule has 0 aromatic carbocycles. The predicted octanol–water partition coefficient (Wildman–Crippen LogP) is 0.151. The molecular weight excluding hydrogens is 238 g/mol. The minimum absolute atomic E-state index is 0.249. The number of hydrogen-bond donors (Lipinski definition) is 0. The minimum atomic E-state index is -0.735. The highest BCUT2D eigenvalue weighted by molar-refractivity contribution is 6.07. The summed E-state index contributed by atoms with van der Waals surface area (Å²) in [5.41, 5.74) is 1.39. The third-order valence-corrected chi connectivity index (χ3v) is 2.86. The molecule has 0 aliphatic carbocycles. The van der Waals surface area contributed by atoms with Crippen LogP contribution in [0.5, 0.6) is 5.88 Å². The SMILES string of the molecule is CCOC(=O)C1ON=C2c3ccnnc3OCC21. The molecule has 7 nitrogen and oxygen atoms in total. The summed E-state index contributed by atoms with van der Waals surface area (Å²) in [6.45, 7) is 2.34. The van der Waals surface area contributed by atoms with E-state index in [1.165, 1.54) is 0 Å². The zero-order valence-electron chi connectivity index (χ0n) is 9.70. The fraction of sp³-hybridized carbons (Fsp3) is 0.455. The van der Waals surface area contributed by atoms with Crippen molar-refractivity contribution in [3.63, 3.8) is 0 Å². The van der Waals surface area contributed by atoms with Crippen LogP contribution in [-0.2, 0) is 14.4 Å². The van der Waals surface area contributed by atoms with Crippen molar-refractivity contribution >= 4 is 11.7 Å². The molecule has 0 radical (unpaired) electrons. The van der Waals surface area contributed by atoms with E-state index in [-0.39, 0.29) is 12.5 Å². The van der Waals surface area contributed by atoms with Crippen LogP contribution in [0.1, 0.15) is 12.5 Å². The molecule has 0 spiro atoms. The predicted molar refractivity (Wildman–Crippen MR) is 59.1 cm³/mol. The highest BCUT2D eigenvalue weighted by Gasteiger charge is 2.45. The number of aromatic nitrogens is 2. The summed E-state index contributed by atoms with van der Waals surface area (Å²) < 4.78 is 10.4. The van der Waals surface area contributed by atoms with Gasteiger partial charge in [0.05, 0.1) is 24.3 Å². The fourth-order valence-corrected chi connectivity index (χ4v) is 2.03. The second-order valence-electron chi connectivity index (χ2n) is 3.92. The Hall–Kier alpha value is -2.18. The van der Waals surface area contributed by atoms with E-state index in [1.54, 1.807) is 19.2 Å². The summed E-state index contributed by atoms with van der Waals surface area (Å²) >= 11 is 0. The average molecular weight is 249 g/mol. The first-order chi connectivity index (χ1) is 8.81. The van der Waals surface area contributed by atoms with E-state index in [1.807, 2.05) is 0 Å². The molecule has 3 rings (SSSR count). The van der Waals surface area contributed by atoms with Crippen LogP contribution >= 0.6 is 0 Å². The Bertz CT molecular complexity index is 517. The summed E-state index contributed by atoms with van der Waals surface area (Å²) in [4.78, 5) is 16.9. The average Bonchev–Trinajstić information content (AvgIpc) is 2.83. The van der Waals surface area contributed by atoms with Gasteiger partial charge in [0.1, 0.15) is 12.3 Å². The zero-order valence-corrected chi connectivity index (χ0v) is 9.70. The largest absolute Gasteiger partial charge is 0.475 e. The number of oxime groups is 1. The van der Waals surface area contributed by atoms with E-state index >= 15 is 0 Å². The molecule has 0 amide bonds. The number of rotatable bonds is 2. The van der Waals surface area contributed by atoms with Gasteiger partial charge >= 0.3 is 5.97 Å². The molecule has 3 heterocycles. The van der Waals surface area contributed by atoms with Gasteiger partial charge < -0.3 is 14.3 Å². The maximum absolute atomic E-state index is 11.7. The van der Waals surface area contributed by atoms with Crippen molar-refractivity contribution in [1.82, 2.24) is 10.2 Å². The Balaban J connectivity index is 1.87. The van der Waals surface area contributed by atoms with E-state index in [2.05, 4.69) is 15.4 Å². The van der Waals surface area contributed by atoms with Gasteiger partial charge in [-0.3, -0.25) is 0 Å². The quantitative estimate of drug-likeness (QED) is 0.694. The smallest absolute Gasteiger partial charge is 0.351 e. The zero-order chi connectivity index (χ0) is 12.5. The van der Waals surface area contributed by atoms with E-state index < -0.39 is 12.1 Å². The van der Waals surface area contributed by atoms with Gasteiger partial charge in [0.25, 0.3) is 0 Å². The highest BCUT2D eigenvalue weighted by atomic mass is 16.7. The van der Waals surface area contributed by atoms with Crippen LogP contribution in [0.3, 0.4) is 0 Å². The van der Waals surface area contributed by atoms with Crippen LogP contribution in [0.2, 0.25) is 0 Å². The van der Waals surface area contributed by atoms with Gasteiger partial charge in [-0.1, -0.05) is 5.16 Å². The molecule has 18 heavy (non-hydrogen) atoms. The van der Waals surface area contributed by atoms with Crippen molar-refractivity contribution in [2.45, 2.75) is 13.0 Å². The van der Waals surface area contributed by atoms with E-state index in [4.69, 9.17) is 14.3 Å². The van der Waals surface area contributed by atoms with Crippen molar-refractivity contribution in [3.8, 4) is 5.88 Å². The molecule has 2 atom stereocenters. The molecule has 7 heteroatoms. The Morgan fingerprint density at radius 3 is 3.33 bits per heavy atom. The first-order valence-corrected chi connectivity index (χ1v) is 5.66. The number of ether oxygens (including phenoxy) is 2. The monoisotopic (exact) mass is 249 g/mol. The van der Waals surface area contributed by atoms with Crippen molar-refractivity contribution < 1.29 is 19.1 Å². The molecule has 94 valence electrons. The van der Waals surface area contributed by atoms with Gasteiger partial charge in [0.2, 0.25) is 12.0 Å². The molecule has 0 N–H and O–H groups in total. The molecule has 2 aliphatic rings. The summed E-state index contributed by atoms with van der Waals surface area (Å²) in [6.07, 6.45) is 0.811. The maximum atomic E-state index is 11.7.